The molecular weight excluding hydrogens is 186 g/mol. The summed E-state index contributed by atoms with van der Waals surface area (Å²) in [5.41, 5.74) is 0. The Bertz CT molecular complexity index is 324. The van der Waals surface area contributed by atoms with Crippen molar-refractivity contribution < 1.29 is 18.7 Å². The third kappa shape index (κ3) is 2.17. The zero-order valence-corrected chi connectivity index (χ0v) is 6.61. The lowest BCUT2D eigenvalue weighted by Gasteiger charge is -2.06. The highest BCUT2D eigenvalue weighted by Crippen LogP contribution is 2.17. The van der Waals surface area contributed by atoms with Crippen molar-refractivity contribution in [3.05, 3.63) is 5.82 Å². The number of hydrogen-bond donors (Lipinski definition) is 1. The van der Waals surface area contributed by atoms with Crippen LogP contribution in [0.15, 0.2) is 0 Å². The first kappa shape index (κ1) is 9.49. The monoisotopic (exact) mass is 192 g/mol. The summed E-state index contributed by atoms with van der Waals surface area (Å²) in [6.45, 7) is 0. The first-order chi connectivity index (χ1) is 5.92. The highest BCUT2D eigenvalue weighted by Gasteiger charge is 2.40. The maximum absolute atomic E-state index is 12.5. The molecule has 0 aliphatic rings. The SMILES string of the molecule is Cn1nnc(CC(F)(F)C(=O)O)n1. The molecule has 1 heterocycles. The summed E-state index contributed by atoms with van der Waals surface area (Å²) in [6, 6.07) is 0. The van der Waals surface area contributed by atoms with Gasteiger partial charge in [0, 0.05) is 0 Å². The molecule has 6 nitrogen and oxygen atoms in total. The van der Waals surface area contributed by atoms with Gasteiger partial charge in [-0.1, -0.05) is 0 Å². The van der Waals surface area contributed by atoms with Gasteiger partial charge >= 0.3 is 11.9 Å². The van der Waals surface area contributed by atoms with Crippen LogP contribution in [-0.2, 0) is 18.3 Å². The minimum atomic E-state index is -3.84. The zero-order valence-electron chi connectivity index (χ0n) is 6.61. The van der Waals surface area contributed by atoms with E-state index in [1.54, 1.807) is 0 Å². The second-order valence-electron chi connectivity index (χ2n) is 2.38. The van der Waals surface area contributed by atoms with Gasteiger partial charge in [0.1, 0.15) is 0 Å². The van der Waals surface area contributed by atoms with Crippen LogP contribution in [0.3, 0.4) is 0 Å². The van der Waals surface area contributed by atoms with Crippen LogP contribution >= 0.6 is 0 Å². The van der Waals surface area contributed by atoms with E-state index >= 15 is 0 Å². The van der Waals surface area contributed by atoms with E-state index in [4.69, 9.17) is 5.11 Å². The fraction of sp³-hybridized carbons (Fsp3) is 0.600. The van der Waals surface area contributed by atoms with Crippen molar-refractivity contribution in [2.75, 3.05) is 0 Å². The zero-order chi connectivity index (χ0) is 10.1. The summed E-state index contributed by atoms with van der Waals surface area (Å²) in [4.78, 5) is 11.0. The lowest BCUT2D eigenvalue weighted by Crippen LogP contribution is -2.31. The van der Waals surface area contributed by atoms with Crippen molar-refractivity contribution in [3.63, 3.8) is 0 Å². The second kappa shape index (κ2) is 3.04. The molecule has 13 heavy (non-hydrogen) atoms. The first-order valence-corrected chi connectivity index (χ1v) is 3.26. The molecule has 0 spiro atoms. The molecule has 0 amide bonds. The molecule has 0 aliphatic carbocycles. The maximum Gasteiger partial charge on any atom is 0.375 e. The average Bonchev–Trinajstić information content (AvgIpc) is 2.34. The summed E-state index contributed by atoms with van der Waals surface area (Å²) >= 11 is 0. The van der Waals surface area contributed by atoms with Gasteiger partial charge in [-0.2, -0.15) is 13.6 Å². The minimum Gasteiger partial charge on any atom is -0.477 e. The molecule has 0 atom stereocenters. The van der Waals surface area contributed by atoms with Crippen molar-refractivity contribution in [1.82, 2.24) is 20.2 Å². The number of alkyl halides is 2. The Morgan fingerprint density at radius 2 is 2.31 bits per heavy atom. The Kier molecular flexibility index (Phi) is 2.22. The van der Waals surface area contributed by atoms with Crippen molar-refractivity contribution in [1.29, 1.82) is 0 Å². The molecule has 0 radical (unpaired) electrons. The third-order valence-corrected chi connectivity index (χ3v) is 1.24. The predicted molar refractivity (Wildman–Crippen MR) is 35.1 cm³/mol. The molecule has 1 aromatic rings. The molecule has 0 saturated carbocycles. The van der Waals surface area contributed by atoms with Gasteiger partial charge < -0.3 is 5.11 Å². The number of carboxylic acids is 1. The number of aryl methyl sites for hydroxylation is 1. The maximum atomic E-state index is 12.5. The minimum absolute atomic E-state index is 0.296. The molecule has 1 aromatic heterocycles. The van der Waals surface area contributed by atoms with Gasteiger partial charge in [0.05, 0.1) is 13.5 Å². The van der Waals surface area contributed by atoms with E-state index < -0.39 is 18.3 Å². The van der Waals surface area contributed by atoms with E-state index in [1.807, 2.05) is 0 Å². The number of nitrogens with zero attached hydrogens (tertiary/aromatic N) is 4. The molecule has 1 rings (SSSR count). The highest BCUT2D eigenvalue weighted by molar-refractivity contribution is 5.75. The van der Waals surface area contributed by atoms with E-state index in [-0.39, 0.29) is 5.82 Å². The van der Waals surface area contributed by atoms with Gasteiger partial charge in [-0.05, 0) is 5.21 Å². The molecule has 1 N–H and O–H groups in total. The van der Waals surface area contributed by atoms with Crippen LogP contribution in [0.5, 0.6) is 0 Å². The van der Waals surface area contributed by atoms with Crippen molar-refractivity contribution >= 4 is 5.97 Å². The van der Waals surface area contributed by atoms with Crippen LogP contribution < -0.4 is 0 Å². The Morgan fingerprint density at radius 3 is 2.69 bits per heavy atom. The van der Waals surface area contributed by atoms with Crippen molar-refractivity contribution in [2.45, 2.75) is 12.3 Å². The molecule has 0 bridgehead atoms. The molecule has 0 aliphatic heterocycles. The number of hydrogen-bond acceptors (Lipinski definition) is 4. The smallest absolute Gasteiger partial charge is 0.375 e. The fourth-order valence-corrected chi connectivity index (χ4v) is 0.668. The van der Waals surface area contributed by atoms with E-state index in [0.29, 0.717) is 0 Å². The second-order valence-corrected chi connectivity index (χ2v) is 2.38. The summed E-state index contributed by atoms with van der Waals surface area (Å²) in [5, 5.41) is 18.0. The lowest BCUT2D eigenvalue weighted by atomic mass is 10.2. The number of halogens is 2. The molecule has 0 aromatic carbocycles. The highest BCUT2D eigenvalue weighted by atomic mass is 19.3. The lowest BCUT2D eigenvalue weighted by molar-refractivity contribution is -0.164. The molecule has 8 heteroatoms. The molecule has 0 unspecified atom stereocenters. The summed E-state index contributed by atoms with van der Waals surface area (Å²) in [5.74, 6) is -6.34. The molecule has 0 fully saturated rings. The van der Waals surface area contributed by atoms with Crippen LogP contribution in [-0.4, -0.2) is 37.2 Å². The average molecular weight is 192 g/mol. The fourth-order valence-electron chi connectivity index (χ4n) is 0.668. The van der Waals surface area contributed by atoms with Crippen molar-refractivity contribution in [3.8, 4) is 0 Å². The first-order valence-electron chi connectivity index (χ1n) is 3.26. The summed E-state index contributed by atoms with van der Waals surface area (Å²) in [6.07, 6.45) is -1.05. The van der Waals surface area contributed by atoms with Crippen LogP contribution in [0.1, 0.15) is 5.82 Å². The van der Waals surface area contributed by atoms with E-state index in [0.717, 1.165) is 4.80 Å². The third-order valence-electron chi connectivity index (χ3n) is 1.24. The molecular formula is C5H6F2N4O2. The van der Waals surface area contributed by atoms with Crippen molar-refractivity contribution in [2.24, 2.45) is 7.05 Å². The van der Waals surface area contributed by atoms with Gasteiger partial charge in [-0.15, -0.1) is 10.2 Å². The Labute approximate surface area is 71.2 Å². The number of tetrazole rings is 1. The van der Waals surface area contributed by atoms with Gasteiger partial charge in [0.25, 0.3) is 0 Å². The quantitative estimate of drug-likeness (QED) is 0.696. The molecule has 0 saturated heterocycles. The van der Waals surface area contributed by atoms with Gasteiger partial charge in [0.15, 0.2) is 5.82 Å². The topological polar surface area (TPSA) is 80.9 Å². The van der Waals surface area contributed by atoms with Gasteiger partial charge in [0.2, 0.25) is 0 Å². The van der Waals surface area contributed by atoms with Crippen LogP contribution in [0.25, 0.3) is 0 Å². The molecule has 72 valence electrons. The van der Waals surface area contributed by atoms with E-state index in [9.17, 15) is 13.6 Å². The Morgan fingerprint density at radius 1 is 1.69 bits per heavy atom. The van der Waals surface area contributed by atoms with Crippen LogP contribution in [0.2, 0.25) is 0 Å². The number of aromatic nitrogens is 4. The van der Waals surface area contributed by atoms with Crippen LogP contribution in [0, 0.1) is 0 Å². The standard InChI is InChI=1S/C5H6F2N4O2/c1-11-9-3(8-10-11)2-5(6,7)4(12)13/h2H2,1H3,(H,12,13). The normalized spacial score (nSPS) is 11.6. The summed E-state index contributed by atoms with van der Waals surface area (Å²) in [7, 11) is 1.40. The largest absolute Gasteiger partial charge is 0.477 e. The number of aliphatic carboxylic acids is 1. The Hall–Kier alpha value is -1.60. The van der Waals surface area contributed by atoms with Gasteiger partial charge in [-0.25, -0.2) is 4.79 Å². The number of carbonyl (C=O) groups is 1. The Balaban J connectivity index is 2.74. The predicted octanol–water partition coefficient (Wildman–Crippen LogP) is -0.528. The van der Waals surface area contributed by atoms with Crippen LogP contribution in [0.4, 0.5) is 8.78 Å². The number of carboxylic acid groups (broad SMARTS) is 1. The van der Waals surface area contributed by atoms with E-state index in [1.165, 1.54) is 7.05 Å². The van der Waals surface area contributed by atoms with E-state index in [2.05, 4.69) is 15.4 Å². The van der Waals surface area contributed by atoms with Gasteiger partial charge in [-0.3, -0.25) is 0 Å². The number of rotatable bonds is 3. The summed E-state index contributed by atoms with van der Waals surface area (Å²) < 4.78 is 25.0.